The first-order chi connectivity index (χ1) is 6.38. The SMILES string of the molecule is CO/N=C(/C=NO)C1CCCCC1. The summed E-state index contributed by atoms with van der Waals surface area (Å²) < 4.78 is 0. The molecular weight excluding hydrogens is 168 g/mol. The van der Waals surface area contributed by atoms with Gasteiger partial charge < -0.3 is 10.0 Å². The van der Waals surface area contributed by atoms with Crippen molar-refractivity contribution in [1.82, 2.24) is 0 Å². The maximum Gasteiger partial charge on any atom is 0.106 e. The van der Waals surface area contributed by atoms with E-state index in [1.54, 1.807) is 0 Å². The number of hydrogen-bond donors (Lipinski definition) is 1. The van der Waals surface area contributed by atoms with Crippen LogP contribution in [0.15, 0.2) is 10.3 Å². The molecule has 0 atom stereocenters. The molecule has 4 nitrogen and oxygen atoms in total. The van der Waals surface area contributed by atoms with Crippen LogP contribution in [0.1, 0.15) is 32.1 Å². The highest BCUT2D eigenvalue weighted by Crippen LogP contribution is 2.24. The molecule has 74 valence electrons. The van der Waals surface area contributed by atoms with E-state index < -0.39 is 0 Å². The van der Waals surface area contributed by atoms with E-state index in [1.165, 1.54) is 32.6 Å². The van der Waals surface area contributed by atoms with E-state index in [0.29, 0.717) is 5.92 Å². The fourth-order valence-corrected chi connectivity index (χ4v) is 1.77. The Bertz CT molecular complexity index is 196. The summed E-state index contributed by atoms with van der Waals surface area (Å²) in [5.41, 5.74) is 0.754. The molecule has 13 heavy (non-hydrogen) atoms. The van der Waals surface area contributed by atoms with Crippen LogP contribution < -0.4 is 0 Å². The molecule has 1 aliphatic carbocycles. The van der Waals surface area contributed by atoms with Crippen LogP contribution in [0.4, 0.5) is 0 Å². The van der Waals surface area contributed by atoms with Crippen LogP contribution in [-0.4, -0.2) is 24.2 Å². The average molecular weight is 184 g/mol. The van der Waals surface area contributed by atoms with Crippen molar-refractivity contribution in [3.8, 4) is 0 Å². The Morgan fingerprint density at radius 3 is 2.62 bits per heavy atom. The first-order valence-corrected chi connectivity index (χ1v) is 4.67. The average Bonchev–Trinajstić information content (AvgIpc) is 2.19. The Morgan fingerprint density at radius 1 is 1.38 bits per heavy atom. The molecule has 0 aliphatic heterocycles. The van der Waals surface area contributed by atoms with Gasteiger partial charge in [0.1, 0.15) is 12.8 Å². The minimum absolute atomic E-state index is 0.407. The lowest BCUT2D eigenvalue weighted by Gasteiger charge is -2.20. The maximum absolute atomic E-state index is 8.43. The summed E-state index contributed by atoms with van der Waals surface area (Å²) in [6.45, 7) is 0. The summed E-state index contributed by atoms with van der Waals surface area (Å²) in [5, 5.41) is 15.3. The van der Waals surface area contributed by atoms with Crippen molar-refractivity contribution in [2.45, 2.75) is 32.1 Å². The minimum Gasteiger partial charge on any atom is -0.411 e. The van der Waals surface area contributed by atoms with Gasteiger partial charge in [0.15, 0.2) is 0 Å². The third kappa shape index (κ3) is 3.05. The van der Waals surface area contributed by atoms with Gasteiger partial charge in [-0.2, -0.15) is 0 Å². The highest BCUT2D eigenvalue weighted by molar-refractivity contribution is 6.31. The fourth-order valence-electron chi connectivity index (χ4n) is 1.77. The van der Waals surface area contributed by atoms with Crippen LogP contribution in [0.5, 0.6) is 0 Å². The Balaban J connectivity index is 2.57. The summed E-state index contributed by atoms with van der Waals surface area (Å²) in [5.74, 6) is 0.407. The first-order valence-electron chi connectivity index (χ1n) is 4.67. The molecule has 0 spiro atoms. The molecule has 1 aliphatic rings. The maximum atomic E-state index is 8.43. The van der Waals surface area contributed by atoms with Crippen molar-refractivity contribution < 1.29 is 10.0 Å². The van der Waals surface area contributed by atoms with Gasteiger partial charge in [-0.1, -0.05) is 29.6 Å². The highest BCUT2D eigenvalue weighted by atomic mass is 16.6. The Kier molecular flexibility index (Phi) is 4.29. The predicted molar refractivity (Wildman–Crippen MR) is 51.3 cm³/mol. The summed E-state index contributed by atoms with van der Waals surface area (Å²) in [6.07, 6.45) is 7.37. The van der Waals surface area contributed by atoms with Crippen molar-refractivity contribution >= 4 is 11.9 Å². The molecule has 0 amide bonds. The molecule has 0 aromatic rings. The Morgan fingerprint density at radius 2 is 2.08 bits per heavy atom. The minimum atomic E-state index is 0.407. The molecule has 0 unspecified atom stereocenters. The molecule has 1 rings (SSSR count). The third-order valence-electron chi connectivity index (χ3n) is 2.41. The second kappa shape index (κ2) is 5.56. The third-order valence-corrected chi connectivity index (χ3v) is 2.41. The van der Waals surface area contributed by atoms with Crippen LogP contribution in [-0.2, 0) is 4.84 Å². The van der Waals surface area contributed by atoms with Crippen LogP contribution in [0.3, 0.4) is 0 Å². The molecule has 0 heterocycles. The van der Waals surface area contributed by atoms with Gasteiger partial charge in [-0.3, -0.25) is 0 Å². The van der Waals surface area contributed by atoms with E-state index >= 15 is 0 Å². The molecule has 1 saturated carbocycles. The quantitative estimate of drug-likeness (QED) is 0.414. The smallest absolute Gasteiger partial charge is 0.106 e. The van der Waals surface area contributed by atoms with Gasteiger partial charge in [0.2, 0.25) is 0 Å². The van der Waals surface area contributed by atoms with Crippen molar-refractivity contribution in [3.63, 3.8) is 0 Å². The van der Waals surface area contributed by atoms with Gasteiger partial charge in [-0.25, -0.2) is 0 Å². The fraction of sp³-hybridized carbons (Fsp3) is 0.778. The van der Waals surface area contributed by atoms with Crippen LogP contribution >= 0.6 is 0 Å². The van der Waals surface area contributed by atoms with E-state index in [0.717, 1.165) is 18.6 Å². The van der Waals surface area contributed by atoms with Gasteiger partial charge in [0.25, 0.3) is 0 Å². The standard InChI is InChI=1S/C9H16N2O2/c1-13-11-9(7-10-12)8-5-3-2-4-6-8/h7-8,12H,2-6H2,1H3/b10-7?,11-9-. The van der Waals surface area contributed by atoms with E-state index in [1.807, 2.05) is 0 Å². The summed E-state index contributed by atoms with van der Waals surface area (Å²) >= 11 is 0. The van der Waals surface area contributed by atoms with Gasteiger partial charge in [-0.05, 0) is 12.8 Å². The molecule has 0 saturated heterocycles. The van der Waals surface area contributed by atoms with Crippen LogP contribution in [0.2, 0.25) is 0 Å². The Hall–Kier alpha value is -1.06. The molecule has 4 heteroatoms. The molecule has 0 aromatic carbocycles. The van der Waals surface area contributed by atoms with E-state index in [4.69, 9.17) is 10.0 Å². The lowest BCUT2D eigenvalue weighted by molar-refractivity contribution is 0.210. The number of rotatable bonds is 3. The monoisotopic (exact) mass is 184 g/mol. The molecular formula is C9H16N2O2. The van der Waals surface area contributed by atoms with E-state index in [-0.39, 0.29) is 0 Å². The van der Waals surface area contributed by atoms with Gasteiger partial charge in [0, 0.05) is 5.92 Å². The van der Waals surface area contributed by atoms with Crippen molar-refractivity contribution in [2.24, 2.45) is 16.2 Å². The first kappa shape index (κ1) is 10.0. The zero-order chi connectivity index (χ0) is 9.52. The molecule has 0 aromatic heterocycles. The summed E-state index contributed by atoms with van der Waals surface area (Å²) in [7, 11) is 1.51. The zero-order valence-electron chi connectivity index (χ0n) is 7.94. The van der Waals surface area contributed by atoms with E-state index in [2.05, 4.69) is 10.3 Å². The van der Waals surface area contributed by atoms with Crippen molar-refractivity contribution in [1.29, 1.82) is 0 Å². The Labute approximate surface area is 78.3 Å². The van der Waals surface area contributed by atoms with Crippen LogP contribution in [0, 0.1) is 5.92 Å². The summed E-state index contributed by atoms with van der Waals surface area (Å²) in [6, 6.07) is 0. The molecule has 1 fully saturated rings. The zero-order valence-corrected chi connectivity index (χ0v) is 7.94. The van der Waals surface area contributed by atoms with Gasteiger partial charge in [0.05, 0.1) is 6.21 Å². The molecule has 1 N–H and O–H groups in total. The molecule has 0 radical (unpaired) electrons. The van der Waals surface area contributed by atoms with Crippen molar-refractivity contribution in [2.75, 3.05) is 7.11 Å². The number of nitrogens with zero attached hydrogens (tertiary/aromatic N) is 2. The normalized spacial score (nSPS) is 20.8. The number of oxime groups is 2. The lowest BCUT2D eigenvalue weighted by Crippen LogP contribution is -2.19. The van der Waals surface area contributed by atoms with Gasteiger partial charge >= 0.3 is 0 Å². The summed E-state index contributed by atoms with van der Waals surface area (Å²) in [4.78, 5) is 4.70. The van der Waals surface area contributed by atoms with Crippen LogP contribution in [0.25, 0.3) is 0 Å². The predicted octanol–water partition coefficient (Wildman–Crippen LogP) is 2.03. The topological polar surface area (TPSA) is 54.2 Å². The second-order valence-electron chi connectivity index (χ2n) is 3.28. The molecule has 0 bridgehead atoms. The van der Waals surface area contributed by atoms with E-state index in [9.17, 15) is 0 Å². The van der Waals surface area contributed by atoms with Crippen molar-refractivity contribution in [3.05, 3.63) is 0 Å². The highest BCUT2D eigenvalue weighted by Gasteiger charge is 2.18. The second-order valence-corrected chi connectivity index (χ2v) is 3.28. The van der Waals surface area contributed by atoms with Gasteiger partial charge in [-0.15, -0.1) is 0 Å². The lowest BCUT2D eigenvalue weighted by atomic mass is 9.86. The largest absolute Gasteiger partial charge is 0.411 e. The number of hydrogen-bond acceptors (Lipinski definition) is 4.